The summed E-state index contributed by atoms with van der Waals surface area (Å²) in [7, 11) is 2.16. The molecule has 1 aliphatic rings. The Labute approximate surface area is 103 Å². The van der Waals surface area contributed by atoms with Crippen LogP contribution < -0.4 is 4.90 Å². The van der Waals surface area contributed by atoms with Gasteiger partial charge in [-0.2, -0.15) is 0 Å². The number of benzene rings is 1. The SMILES string of the molecule is CN1CCN(c2ccccc2C=O)CC1(C)C. The lowest BCUT2D eigenvalue weighted by atomic mass is 9.98. The number of piperazine rings is 1. The average Bonchev–Trinajstić information content (AvgIpc) is 2.32. The molecule has 0 N–H and O–H groups in total. The minimum absolute atomic E-state index is 0.147. The number of nitrogens with zero attached hydrogens (tertiary/aromatic N) is 2. The van der Waals surface area contributed by atoms with Crippen molar-refractivity contribution < 1.29 is 4.79 Å². The zero-order valence-electron chi connectivity index (χ0n) is 10.8. The molecule has 1 heterocycles. The molecule has 0 spiro atoms. The van der Waals surface area contributed by atoms with Gasteiger partial charge in [-0.15, -0.1) is 0 Å². The number of likely N-dealkylation sites (N-methyl/N-ethyl adjacent to an activating group) is 1. The van der Waals surface area contributed by atoms with E-state index in [9.17, 15) is 4.79 Å². The van der Waals surface area contributed by atoms with Gasteiger partial charge < -0.3 is 4.90 Å². The van der Waals surface area contributed by atoms with E-state index in [1.165, 1.54) is 0 Å². The van der Waals surface area contributed by atoms with Gasteiger partial charge in [-0.3, -0.25) is 9.69 Å². The highest BCUT2D eigenvalue weighted by atomic mass is 16.1. The van der Waals surface area contributed by atoms with Crippen molar-refractivity contribution in [1.29, 1.82) is 0 Å². The van der Waals surface area contributed by atoms with E-state index in [4.69, 9.17) is 0 Å². The molecule has 1 fully saturated rings. The van der Waals surface area contributed by atoms with Gasteiger partial charge in [0.05, 0.1) is 0 Å². The molecule has 0 saturated carbocycles. The van der Waals surface area contributed by atoms with Crippen LogP contribution >= 0.6 is 0 Å². The molecule has 0 aliphatic carbocycles. The Morgan fingerprint density at radius 2 is 1.94 bits per heavy atom. The standard InChI is InChI=1S/C14H20N2O/c1-14(2)11-16(9-8-15(14)3)13-7-5-4-6-12(13)10-17/h4-7,10H,8-9,11H2,1-3H3. The van der Waals surface area contributed by atoms with Gasteiger partial charge in [0.25, 0.3) is 0 Å². The number of hydrogen-bond donors (Lipinski definition) is 0. The second kappa shape index (κ2) is 4.49. The Morgan fingerprint density at radius 1 is 1.24 bits per heavy atom. The van der Waals surface area contributed by atoms with Gasteiger partial charge in [-0.25, -0.2) is 0 Å². The molecule has 92 valence electrons. The fraction of sp³-hybridized carbons (Fsp3) is 0.500. The molecular weight excluding hydrogens is 212 g/mol. The molecule has 1 saturated heterocycles. The summed E-state index contributed by atoms with van der Waals surface area (Å²) in [5.74, 6) is 0. The lowest BCUT2D eigenvalue weighted by Gasteiger charge is -2.46. The van der Waals surface area contributed by atoms with Crippen LogP contribution in [-0.2, 0) is 0 Å². The van der Waals surface area contributed by atoms with E-state index in [0.29, 0.717) is 0 Å². The first-order chi connectivity index (χ1) is 8.04. The van der Waals surface area contributed by atoms with Crippen LogP contribution in [0, 0.1) is 0 Å². The zero-order chi connectivity index (χ0) is 12.5. The molecule has 0 unspecified atom stereocenters. The van der Waals surface area contributed by atoms with Crippen molar-refractivity contribution in [3.8, 4) is 0 Å². The fourth-order valence-electron chi connectivity index (χ4n) is 2.32. The Balaban J connectivity index is 2.26. The second-order valence-electron chi connectivity index (χ2n) is 5.33. The van der Waals surface area contributed by atoms with Crippen molar-refractivity contribution in [2.75, 3.05) is 31.6 Å². The second-order valence-corrected chi connectivity index (χ2v) is 5.33. The Kier molecular flexibility index (Phi) is 3.20. The van der Waals surface area contributed by atoms with Crippen molar-refractivity contribution in [3.63, 3.8) is 0 Å². The van der Waals surface area contributed by atoms with E-state index in [1.807, 2.05) is 24.3 Å². The molecule has 1 aromatic rings. The summed E-state index contributed by atoms with van der Waals surface area (Å²) in [5.41, 5.74) is 1.99. The Bertz CT molecular complexity index is 414. The highest BCUT2D eigenvalue weighted by Gasteiger charge is 2.31. The van der Waals surface area contributed by atoms with E-state index in [1.54, 1.807) is 0 Å². The minimum atomic E-state index is 0.147. The van der Waals surface area contributed by atoms with Crippen molar-refractivity contribution in [1.82, 2.24) is 4.90 Å². The number of hydrogen-bond acceptors (Lipinski definition) is 3. The summed E-state index contributed by atoms with van der Waals surface area (Å²) in [6.45, 7) is 7.44. The first-order valence-corrected chi connectivity index (χ1v) is 6.05. The van der Waals surface area contributed by atoms with Gasteiger partial charge in [0.1, 0.15) is 0 Å². The first-order valence-electron chi connectivity index (χ1n) is 6.05. The maximum Gasteiger partial charge on any atom is 0.152 e. The van der Waals surface area contributed by atoms with Crippen LogP contribution in [0.1, 0.15) is 24.2 Å². The average molecular weight is 232 g/mol. The van der Waals surface area contributed by atoms with Crippen LogP contribution in [0.25, 0.3) is 0 Å². The van der Waals surface area contributed by atoms with Gasteiger partial charge in [0.2, 0.25) is 0 Å². The molecular formula is C14H20N2O. The van der Waals surface area contributed by atoms with Crippen molar-refractivity contribution in [2.45, 2.75) is 19.4 Å². The lowest BCUT2D eigenvalue weighted by molar-refractivity contribution is 0.112. The van der Waals surface area contributed by atoms with Gasteiger partial charge in [-0.05, 0) is 33.0 Å². The molecule has 3 nitrogen and oxygen atoms in total. The molecule has 0 atom stereocenters. The maximum atomic E-state index is 11.1. The quantitative estimate of drug-likeness (QED) is 0.729. The van der Waals surface area contributed by atoms with Crippen LogP contribution in [0.3, 0.4) is 0 Å². The van der Waals surface area contributed by atoms with E-state index in [-0.39, 0.29) is 5.54 Å². The number of anilines is 1. The van der Waals surface area contributed by atoms with Crippen molar-refractivity contribution in [2.24, 2.45) is 0 Å². The third kappa shape index (κ3) is 2.34. The third-order valence-corrected chi connectivity index (χ3v) is 3.72. The first kappa shape index (κ1) is 12.1. The van der Waals surface area contributed by atoms with Gasteiger partial charge in [-0.1, -0.05) is 12.1 Å². The maximum absolute atomic E-state index is 11.1. The van der Waals surface area contributed by atoms with Crippen LogP contribution in [0.5, 0.6) is 0 Å². The predicted molar refractivity (Wildman–Crippen MR) is 70.8 cm³/mol. The van der Waals surface area contributed by atoms with Gasteiger partial charge >= 0.3 is 0 Å². The number of aldehydes is 1. The number of para-hydroxylation sites is 1. The summed E-state index contributed by atoms with van der Waals surface area (Å²) < 4.78 is 0. The normalized spacial score (nSPS) is 20.3. The number of carbonyl (C=O) groups excluding carboxylic acids is 1. The molecule has 0 aromatic heterocycles. The van der Waals surface area contributed by atoms with Crippen molar-refractivity contribution in [3.05, 3.63) is 29.8 Å². The highest BCUT2D eigenvalue weighted by Crippen LogP contribution is 2.26. The summed E-state index contributed by atoms with van der Waals surface area (Å²) in [4.78, 5) is 15.7. The topological polar surface area (TPSA) is 23.6 Å². The monoisotopic (exact) mass is 232 g/mol. The Morgan fingerprint density at radius 3 is 2.59 bits per heavy atom. The predicted octanol–water partition coefficient (Wildman–Crippen LogP) is 2.03. The largest absolute Gasteiger partial charge is 0.368 e. The van der Waals surface area contributed by atoms with E-state index in [2.05, 4.69) is 30.7 Å². The third-order valence-electron chi connectivity index (χ3n) is 3.72. The molecule has 2 rings (SSSR count). The molecule has 0 bridgehead atoms. The van der Waals surface area contributed by atoms with Gasteiger partial charge in [0, 0.05) is 36.4 Å². The number of rotatable bonds is 2. The van der Waals surface area contributed by atoms with Crippen molar-refractivity contribution >= 4 is 12.0 Å². The smallest absolute Gasteiger partial charge is 0.152 e. The van der Waals surface area contributed by atoms with Crippen LogP contribution in [0.4, 0.5) is 5.69 Å². The van der Waals surface area contributed by atoms with Gasteiger partial charge in [0.15, 0.2) is 6.29 Å². The molecule has 1 aromatic carbocycles. The molecule has 3 heteroatoms. The summed E-state index contributed by atoms with van der Waals surface area (Å²) in [6.07, 6.45) is 0.945. The molecule has 0 radical (unpaired) electrons. The van der Waals surface area contributed by atoms with E-state index < -0.39 is 0 Å². The summed E-state index contributed by atoms with van der Waals surface area (Å²) >= 11 is 0. The highest BCUT2D eigenvalue weighted by molar-refractivity contribution is 5.84. The Hall–Kier alpha value is -1.35. The molecule has 17 heavy (non-hydrogen) atoms. The zero-order valence-corrected chi connectivity index (χ0v) is 10.8. The van der Waals surface area contributed by atoms with E-state index >= 15 is 0 Å². The minimum Gasteiger partial charge on any atom is -0.368 e. The van der Waals surface area contributed by atoms with Crippen LogP contribution in [0.15, 0.2) is 24.3 Å². The summed E-state index contributed by atoms with van der Waals surface area (Å²) in [6, 6.07) is 7.82. The number of carbonyl (C=O) groups is 1. The fourth-order valence-corrected chi connectivity index (χ4v) is 2.32. The lowest BCUT2D eigenvalue weighted by Crippen LogP contribution is -2.57. The molecule has 1 aliphatic heterocycles. The van der Waals surface area contributed by atoms with Crippen LogP contribution in [0.2, 0.25) is 0 Å². The van der Waals surface area contributed by atoms with Crippen LogP contribution in [-0.4, -0.2) is 43.4 Å². The molecule has 0 amide bonds. The summed E-state index contributed by atoms with van der Waals surface area (Å²) in [5, 5.41) is 0. The van der Waals surface area contributed by atoms with E-state index in [0.717, 1.165) is 37.2 Å².